The Morgan fingerprint density at radius 1 is 1.26 bits per heavy atom. The smallest absolute Gasteiger partial charge is 0.218 e. The fourth-order valence-electron chi connectivity index (χ4n) is 2.01. The number of aromatic nitrogens is 1. The minimum absolute atomic E-state index is 0.215. The molecule has 1 aromatic heterocycles. The Morgan fingerprint density at radius 2 is 2.05 bits per heavy atom. The lowest BCUT2D eigenvalue weighted by Gasteiger charge is -2.27. The second-order valence-corrected chi connectivity index (χ2v) is 4.55. The number of hydrogen-bond acceptors (Lipinski definition) is 2. The van der Waals surface area contributed by atoms with Crippen molar-refractivity contribution in [2.45, 2.75) is 25.8 Å². The number of nitrogens with zero attached hydrogens (tertiary/aromatic N) is 4. The largest absolute Gasteiger partial charge is 0.369 e. The van der Waals surface area contributed by atoms with Gasteiger partial charge >= 0.3 is 0 Å². The first-order valence-corrected chi connectivity index (χ1v) is 6.53. The number of piperidine rings is 1. The van der Waals surface area contributed by atoms with Gasteiger partial charge in [-0.05, 0) is 30.9 Å². The van der Waals surface area contributed by atoms with E-state index in [9.17, 15) is 0 Å². The zero-order valence-electron chi connectivity index (χ0n) is 11.0. The summed E-state index contributed by atoms with van der Waals surface area (Å²) in [4.78, 5) is 14.4. The zero-order valence-corrected chi connectivity index (χ0v) is 11.0. The van der Waals surface area contributed by atoms with E-state index in [1.165, 1.54) is 6.42 Å². The highest BCUT2D eigenvalue weighted by atomic mass is 15.3. The van der Waals surface area contributed by atoms with Crippen LogP contribution in [-0.2, 0) is 6.54 Å². The van der Waals surface area contributed by atoms with Crippen LogP contribution in [0.1, 0.15) is 24.8 Å². The van der Waals surface area contributed by atoms with Crippen LogP contribution in [0.4, 0.5) is 0 Å². The van der Waals surface area contributed by atoms with Gasteiger partial charge in [0.2, 0.25) is 5.96 Å². The van der Waals surface area contributed by atoms with E-state index >= 15 is 0 Å². The van der Waals surface area contributed by atoms with Gasteiger partial charge in [0.05, 0.1) is 6.54 Å². The zero-order chi connectivity index (χ0) is 13.5. The van der Waals surface area contributed by atoms with Crippen molar-refractivity contribution in [3.63, 3.8) is 0 Å². The quantitative estimate of drug-likeness (QED) is 0.604. The summed E-state index contributed by atoms with van der Waals surface area (Å²) in [6.07, 6.45) is 7.05. The third-order valence-corrected chi connectivity index (χ3v) is 3.06. The Morgan fingerprint density at radius 3 is 2.74 bits per heavy atom. The van der Waals surface area contributed by atoms with E-state index in [-0.39, 0.29) is 5.96 Å². The summed E-state index contributed by atoms with van der Waals surface area (Å²) in [6.45, 7) is 2.37. The van der Waals surface area contributed by atoms with Crippen LogP contribution >= 0.6 is 0 Å². The number of guanidine groups is 2. The molecule has 0 aliphatic carbocycles. The highest BCUT2D eigenvalue weighted by molar-refractivity contribution is 5.93. The van der Waals surface area contributed by atoms with Crippen LogP contribution in [0.2, 0.25) is 0 Å². The molecule has 0 spiro atoms. The molecule has 0 radical (unpaired) electrons. The van der Waals surface area contributed by atoms with E-state index in [2.05, 4.69) is 19.9 Å². The van der Waals surface area contributed by atoms with Gasteiger partial charge < -0.3 is 16.4 Å². The lowest BCUT2D eigenvalue weighted by atomic mass is 10.1. The Kier molecular flexibility index (Phi) is 4.72. The van der Waals surface area contributed by atoms with Crippen molar-refractivity contribution in [1.29, 1.82) is 0 Å². The Labute approximate surface area is 113 Å². The molecule has 1 saturated heterocycles. The Hall–Kier alpha value is -2.11. The number of hydrogen-bond donors (Lipinski definition) is 2. The molecular formula is C13H20N6. The van der Waals surface area contributed by atoms with Gasteiger partial charge in [-0.1, -0.05) is 6.07 Å². The highest BCUT2D eigenvalue weighted by Crippen LogP contribution is 2.07. The van der Waals surface area contributed by atoms with Gasteiger partial charge in [0, 0.05) is 25.5 Å². The molecule has 2 heterocycles. The SMILES string of the molecule is NC(=NCc1cccnc1)/N=C(\N)N1CCCCC1. The van der Waals surface area contributed by atoms with Gasteiger partial charge in [-0.3, -0.25) is 4.98 Å². The summed E-state index contributed by atoms with van der Waals surface area (Å²) in [5.41, 5.74) is 12.7. The Bertz CT molecular complexity index is 447. The molecule has 0 bridgehead atoms. The van der Waals surface area contributed by atoms with Crippen molar-refractivity contribution in [3.05, 3.63) is 30.1 Å². The maximum atomic E-state index is 5.92. The van der Waals surface area contributed by atoms with Crippen molar-refractivity contribution in [1.82, 2.24) is 9.88 Å². The first kappa shape index (κ1) is 13.3. The molecule has 6 heteroatoms. The van der Waals surface area contributed by atoms with Crippen molar-refractivity contribution >= 4 is 11.9 Å². The predicted molar refractivity (Wildman–Crippen MR) is 76.6 cm³/mol. The molecule has 0 unspecified atom stereocenters. The number of aliphatic imine (C=N–C) groups is 2. The van der Waals surface area contributed by atoms with Gasteiger partial charge in [0.25, 0.3) is 0 Å². The molecule has 4 N–H and O–H groups in total. The number of likely N-dealkylation sites (tertiary alicyclic amines) is 1. The third kappa shape index (κ3) is 4.24. The minimum Gasteiger partial charge on any atom is -0.369 e. The molecule has 6 nitrogen and oxygen atoms in total. The van der Waals surface area contributed by atoms with E-state index in [1.54, 1.807) is 12.4 Å². The summed E-state index contributed by atoms with van der Waals surface area (Å²) in [5, 5.41) is 0. The maximum absolute atomic E-state index is 5.92. The first-order chi connectivity index (χ1) is 9.25. The number of pyridine rings is 1. The van der Waals surface area contributed by atoms with Crippen molar-refractivity contribution < 1.29 is 0 Å². The lowest BCUT2D eigenvalue weighted by Crippen LogP contribution is -2.41. The van der Waals surface area contributed by atoms with Crippen LogP contribution < -0.4 is 11.5 Å². The van der Waals surface area contributed by atoms with E-state index in [1.807, 2.05) is 12.1 Å². The second kappa shape index (κ2) is 6.72. The molecule has 0 aromatic carbocycles. The second-order valence-electron chi connectivity index (χ2n) is 4.55. The van der Waals surface area contributed by atoms with Crippen LogP contribution in [0, 0.1) is 0 Å². The van der Waals surface area contributed by atoms with Crippen molar-refractivity contribution in [3.8, 4) is 0 Å². The van der Waals surface area contributed by atoms with E-state index in [0.29, 0.717) is 12.5 Å². The molecule has 19 heavy (non-hydrogen) atoms. The molecule has 0 saturated carbocycles. The van der Waals surface area contributed by atoms with Gasteiger partial charge in [-0.2, -0.15) is 4.99 Å². The highest BCUT2D eigenvalue weighted by Gasteiger charge is 2.11. The van der Waals surface area contributed by atoms with Crippen LogP contribution in [-0.4, -0.2) is 34.9 Å². The van der Waals surface area contributed by atoms with E-state index in [4.69, 9.17) is 11.5 Å². The van der Waals surface area contributed by atoms with E-state index in [0.717, 1.165) is 31.5 Å². The number of rotatable bonds is 2. The summed E-state index contributed by atoms with van der Waals surface area (Å²) >= 11 is 0. The molecule has 2 rings (SSSR count). The maximum Gasteiger partial charge on any atom is 0.218 e. The molecule has 1 aromatic rings. The average molecular weight is 260 g/mol. The van der Waals surface area contributed by atoms with Crippen LogP contribution in [0.3, 0.4) is 0 Å². The topological polar surface area (TPSA) is 92.9 Å². The summed E-state index contributed by atoms with van der Waals surface area (Å²) in [5.74, 6) is 0.680. The van der Waals surface area contributed by atoms with Gasteiger partial charge in [-0.15, -0.1) is 0 Å². The fraction of sp³-hybridized carbons (Fsp3) is 0.462. The Balaban J connectivity index is 1.93. The fourth-order valence-corrected chi connectivity index (χ4v) is 2.01. The van der Waals surface area contributed by atoms with Gasteiger partial charge in [-0.25, -0.2) is 4.99 Å². The predicted octanol–water partition coefficient (Wildman–Crippen LogP) is 0.697. The summed E-state index contributed by atoms with van der Waals surface area (Å²) < 4.78 is 0. The standard InChI is InChI=1S/C13H20N6/c14-12(17-10-11-5-4-6-16-9-11)18-13(15)19-7-2-1-3-8-19/h4-6,9H,1-3,7-8,10H2,(H4,14,15,17,18). The molecule has 1 aliphatic rings. The van der Waals surface area contributed by atoms with Crippen LogP contribution in [0.25, 0.3) is 0 Å². The van der Waals surface area contributed by atoms with Crippen molar-refractivity contribution in [2.24, 2.45) is 21.5 Å². The number of nitrogens with two attached hydrogens (primary N) is 2. The third-order valence-electron chi connectivity index (χ3n) is 3.06. The molecule has 1 fully saturated rings. The molecular weight excluding hydrogens is 240 g/mol. The summed E-state index contributed by atoms with van der Waals surface area (Å²) in [6, 6.07) is 3.81. The molecule has 0 amide bonds. The van der Waals surface area contributed by atoms with Gasteiger partial charge in [0.15, 0.2) is 5.96 Å². The monoisotopic (exact) mass is 260 g/mol. The van der Waals surface area contributed by atoms with Crippen LogP contribution in [0.15, 0.2) is 34.5 Å². The lowest BCUT2D eigenvalue weighted by molar-refractivity contribution is 0.339. The first-order valence-electron chi connectivity index (χ1n) is 6.53. The summed E-state index contributed by atoms with van der Waals surface area (Å²) in [7, 11) is 0. The average Bonchev–Trinajstić information content (AvgIpc) is 2.47. The molecule has 1 aliphatic heterocycles. The van der Waals surface area contributed by atoms with Gasteiger partial charge in [0.1, 0.15) is 0 Å². The molecule has 102 valence electrons. The van der Waals surface area contributed by atoms with Crippen LogP contribution in [0.5, 0.6) is 0 Å². The van der Waals surface area contributed by atoms with Crippen molar-refractivity contribution in [2.75, 3.05) is 13.1 Å². The molecule has 0 atom stereocenters. The minimum atomic E-state index is 0.215. The normalized spacial score (nSPS) is 17.6. The van der Waals surface area contributed by atoms with E-state index < -0.39 is 0 Å².